The molecule has 5 nitrogen and oxygen atoms in total. The second-order valence-corrected chi connectivity index (χ2v) is 8.30. The summed E-state index contributed by atoms with van der Waals surface area (Å²) in [6.45, 7) is 0.253. The first-order valence-corrected chi connectivity index (χ1v) is 11.4. The lowest BCUT2D eigenvalue weighted by atomic mass is 10.1. The van der Waals surface area contributed by atoms with Gasteiger partial charge in [0.2, 0.25) is 0 Å². The zero-order valence-corrected chi connectivity index (χ0v) is 18.9. The van der Waals surface area contributed by atoms with E-state index in [9.17, 15) is 22.8 Å². The van der Waals surface area contributed by atoms with Gasteiger partial charge in [-0.25, -0.2) is 0 Å². The highest BCUT2D eigenvalue weighted by Gasteiger charge is 2.37. The van der Waals surface area contributed by atoms with Gasteiger partial charge in [-0.2, -0.15) is 13.2 Å². The molecule has 1 aliphatic heterocycles. The van der Waals surface area contributed by atoms with Crippen LogP contribution in [0.25, 0.3) is 0 Å². The molecule has 1 heterocycles. The Hall–Kier alpha value is -3.65. The average molecular weight is 483 g/mol. The molecule has 0 radical (unpaired) electrons. The second kappa shape index (κ2) is 10.7. The van der Waals surface area contributed by atoms with E-state index >= 15 is 0 Å². The Kier molecular flexibility index (Phi) is 7.51. The predicted molar refractivity (Wildman–Crippen MR) is 126 cm³/mol. The Labute approximate surface area is 201 Å². The molecule has 0 aliphatic carbocycles. The summed E-state index contributed by atoms with van der Waals surface area (Å²) >= 11 is 0. The molecule has 182 valence electrons. The van der Waals surface area contributed by atoms with Gasteiger partial charge in [0.05, 0.1) is 5.56 Å². The van der Waals surface area contributed by atoms with E-state index in [1.54, 1.807) is 24.3 Å². The number of unbranched alkanes of at least 4 members (excludes halogenated alkanes) is 1. The van der Waals surface area contributed by atoms with E-state index in [0.717, 1.165) is 31.4 Å². The molecule has 0 saturated carbocycles. The summed E-state index contributed by atoms with van der Waals surface area (Å²) in [5, 5.41) is 2.89. The Balaban J connectivity index is 1.41. The number of aryl methyl sites for hydroxylation is 1. The molecule has 0 spiro atoms. The van der Waals surface area contributed by atoms with Crippen LogP contribution in [0.15, 0.2) is 78.9 Å². The van der Waals surface area contributed by atoms with Crippen molar-refractivity contribution in [3.05, 3.63) is 101 Å². The number of amides is 2. The lowest BCUT2D eigenvalue weighted by Gasteiger charge is -2.24. The summed E-state index contributed by atoms with van der Waals surface area (Å²) in [7, 11) is 0. The van der Waals surface area contributed by atoms with Crippen LogP contribution < -0.4 is 10.2 Å². The predicted octanol–water partition coefficient (Wildman–Crippen LogP) is 5.52. The van der Waals surface area contributed by atoms with Crippen LogP contribution in [0.2, 0.25) is 0 Å². The monoisotopic (exact) mass is 482 g/mol. The summed E-state index contributed by atoms with van der Waals surface area (Å²) in [6, 6.07) is 21.3. The summed E-state index contributed by atoms with van der Waals surface area (Å²) in [4.78, 5) is 26.3. The van der Waals surface area contributed by atoms with Gasteiger partial charge >= 0.3 is 6.18 Å². The topological polar surface area (TPSA) is 58.6 Å². The van der Waals surface area contributed by atoms with Gasteiger partial charge in [-0.05, 0) is 55.2 Å². The van der Waals surface area contributed by atoms with Crippen molar-refractivity contribution in [2.45, 2.75) is 31.7 Å². The van der Waals surface area contributed by atoms with Crippen molar-refractivity contribution in [3.8, 4) is 0 Å². The van der Waals surface area contributed by atoms with Crippen LogP contribution in [0.3, 0.4) is 0 Å². The zero-order chi connectivity index (χ0) is 24.8. The number of nitrogens with zero attached hydrogens (tertiary/aromatic N) is 1. The first-order valence-electron chi connectivity index (χ1n) is 11.4. The molecule has 1 atom stereocenters. The van der Waals surface area contributed by atoms with Crippen LogP contribution in [0, 0.1) is 0 Å². The Morgan fingerprint density at radius 3 is 2.51 bits per heavy atom. The van der Waals surface area contributed by atoms with Crippen LogP contribution in [0.1, 0.15) is 46.1 Å². The molecule has 1 aliphatic rings. The molecule has 1 fully saturated rings. The van der Waals surface area contributed by atoms with Gasteiger partial charge in [-0.1, -0.05) is 48.5 Å². The highest BCUT2D eigenvalue weighted by Crippen LogP contribution is 2.37. The summed E-state index contributed by atoms with van der Waals surface area (Å²) < 4.78 is 45.1. The molecule has 3 aromatic carbocycles. The third kappa shape index (κ3) is 6.08. The summed E-state index contributed by atoms with van der Waals surface area (Å²) in [5.74, 6) is -0.718. The van der Waals surface area contributed by atoms with Gasteiger partial charge in [0.15, 0.2) is 6.23 Å². The minimum atomic E-state index is -4.53. The van der Waals surface area contributed by atoms with Crippen molar-refractivity contribution in [2.75, 3.05) is 18.1 Å². The lowest BCUT2D eigenvalue weighted by molar-refractivity contribution is -0.137. The van der Waals surface area contributed by atoms with E-state index in [1.807, 2.05) is 18.2 Å². The quantitative estimate of drug-likeness (QED) is 0.430. The largest absolute Gasteiger partial charge is 0.416 e. The fraction of sp³-hybridized carbons (Fsp3) is 0.259. The van der Waals surface area contributed by atoms with Crippen molar-refractivity contribution < 1.29 is 27.5 Å². The third-order valence-corrected chi connectivity index (χ3v) is 5.77. The minimum absolute atomic E-state index is 0.0839. The van der Waals surface area contributed by atoms with Gasteiger partial charge in [0, 0.05) is 23.4 Å². The van der Waals surface area contributed by atoms with E-state index in [2.05, 4.69) is 17.4 Å². The maximum absolute atomic E-state index is 13.2. The van der Waals surface area contributed by atoms with Crippen LogP contribution >= 0.6 is 0 Å². The number of carbonyl (C=O) groups is 2. The number of alkyl halides is 3. The number of carbonyl (C=O) groups excluding carboxylic acids is 2. The molecule has 35 heavy (non-hydrogen) atoms. The van der Waals surface area contributed by atoms with Crippen molar-refractivity contribution in [3.63, 3.8) is 0 Å². The molecule has 2 amide bonds. The van der Waals surface area contributed by atoms with E-state index in [0.29, 0.717) is 17.7 Å². The Bertz CT molecular complexity index is 1180. The van der Waals surface area contributed by atoms with Gasteiger partial charge in [-0.3, -0.25) is 14.5 Å². The van der Waals surface area contributed by atoms with E-state index in [-0.39, 0.29) is 18.2 Å². The van der Waals surface area contributed by atoms with Gasteiger partial charge in [0.1, 0.15) is 6.61 Å². The number of ether oxygens (including phenoxy) is 1. The molecule has 1 unspecified atom stereocenters. The van der Waals surface area contributed by atoms with Crippen LogP contribution in [-0.4, -0.2) is 25.0 Å². The number of hydrogen-bond acceptors (Lipinski definition) is 3. The van der Waals surface area contributed by atoms with Crippen LogP contribution in [0.5, 0.6) is 0 Å². The number of nitrogens with one attached hydrogen (secondary N) is 1. The smallest absolute Gasteiger partial charge is 0.352 e. The van der Waals surface area contributed by atoms with Crippen molar-refractivity contribution in [1.82, 2.24) is 5.32 Å². The molecule has 8 heteroatoms. The highest BCUT2D eigenvalue weighted by atomic mass is 19.4. The number of hydrogen-bond donors (Lipinski definition) is 1. The maximum Gasteiger partial charge on any atom is 0.416 e. The van der Waals surface area contributed by atoms with E-state index in [1.165, 1.54) is 22.6 Å². The lowest BCUT2D eigenvalue weighted by Crippen LogP contribution is -2.29. The van der Waals surface area contributed by atoms with Gasteiger partial charge < -0.3 is 10.1 Å². The minimum Gasteiger partial charge on any atom is -0.352 e. The van der Waals surface area contributed by atoms with E-state index in [4.69, 9.17) is 4.74 Å². The normalized spacial score (nSPS) is 15.9. The maximum atomic E-state index is 13.2. The summed E-state index contributed by atoms with van der Waals surface area (Å²) in [6.07, 6.45) is -2.76. The molecular formula is C27H25F3N2O3. The molecular weight excluding hydrogens is 457 g/mol. The van der Waals surface area contributed by atoms with Crippen LogP contribution in [0.4, 0.5) is 18.9 Å². The Morgan fingerprint density at radius 2 is 1.74 bits per heavy atom. The van der Waals surface area contributed by atoms with Crippen molar-refractivity contribution in [1.29, 1.82) is 0 Å². The number of halogens is 3. The van der Waals surface area contributed by atoms with Crippen molar-refractivity contribution >= 4 is 17.5 Å². The molecule has 1 N–H and O–H groups in total. The Morgan fingerprint density at radius 1 is 0.971 bits per heavy atom. The molecule has 3 aromatic rings. The number of benzene rings is 3. The van der Waals surface area contributed by atoms with E-state index < -0.39 is 23.9 Å². The number of rotatable bonds is 8. The summed E-state index contributed by atoms with van der Waals surface area (Å²) in [5.41, 5.74) is 1.37. The molecule has 0 aromatic heterocycles. The van der Waals surface area contributed by atoms with Gasteiger partial charge in [0.25, 0.3) is 11.8 Å². The zero-order valence-electron chi connectivity index (χ0n) is 18.9. The second-order valence-electron chi connectivity index (χ2n) is 8.30. The van der Waals surface area contributed by atoms with Crippen LogP contribution in [-0.2, 0) is 22.1 Å². The third-order valence-electron chi connectivity index (χ3n) is 5.77. The molecule has 1 saturated heterocycles. The first-order chi connectivity index (χ1) is 16.8. The average Bonchev–Trinajstić information content (AvgIpc) is 3.25. The van der Waals surface area contributed by atoms with Crippen molar-refractivity contribution in [2.24, 2.45) is 0 Å². The SMILES string of the molecule is O=C(NCCCCc1ccccc1)c1cccc(C2OCC(=O)N2c2cccc(C(F)(F)F)c2)c1. The van der Waals surface area contributed by atoms with Gasteiger partial charge in [-0.15, -0.1) is 0 Å². The highest BCUT2D eigenvalue weighted by molar-refractivity contribution is 5.97. The first kappa shape index (κ1) is 24.5. The fourth-order valence-corrected chi connectivity index (χ4v) is 4.02. The number of anilines is 1. The molecule has 4 rings (SSSR count). The fourth-order valence-electron chi connectivity index (χ4n) is 4.02. The molecule has 0 bridgehead atoms. The standard InChI is InChI=1S/C27H25F3N2O3/c28-27(29,30)22-13-7-14-23(17-22)32-24(33)18-35-26(32)21-12-6-11-20(16-21)25(34)31-15-5-4-10-19-8-2-1-3-9-19/h1-3,6-9,11-14,16-17,26H,4-5,10,15,18H2,(H,31,34).